The van der Waals surface area contributed by atoms with Crippen LogP contribution in [0.3, 0.4) is 0 Å². The Morgan fingerprint density at radius 1 is 0.897 bits per heavy atom. The van der Waals surface area contributed by atoms with E-state index in [0.717, 1.165) is 4.31 Å². The number of nitrogens with one attached hydrogen (secondary N) is 1. The van der Waals surface area contributed by atoms with Crippen molar-refractivity contribution in [1.82, 2.24) is 5.32 Å². The molecule has 0 radical (unpaired) electrons. The van der Waals surface area contributed by atoms with Crippen LogP contribution in [0.15, 0.2) is 65.6 Å². The Bertz CT molecular complexity index is 1430. The standard InChI is InChI=1S/C27H30N2O9S/c1-33-18-9-11-22(34-2)21(13-18)29(39(31,32)20-10-12-23(35-3)26(14-20)36-4)16-27(30)28-15-19-17-37-24-7-5-6-8-25(24)38-19/h5-14,19H,15-17H2,1-4H3,(H,28,30). The molecule has 1 heterocycles. The third-order valence-corrected chi connectivity index (χ3v) is 7.74. The number of anilines is 1. The van der Waals surface area contributed by atoms with Gasteiger partial charge in [-0.25, -0.2) is 8.42 Å². The number of carbonyl (C=O) groups is 1. The summed E-state index contributed by atoms with van der Waals surface area (Å²) < 4.78 is 61.7. The fourth-order valence-electron chi connectivity index (χ4n) is 3.97. The number of amides is 1. The van der Waals surface area contributed by atoms with Crippen LogP contribution < -0.4 is 38.0 Å². The molecule has 1 amide bonds. The van der Waals surface area contributed by atoms with Gasteiger partial charge < -0.3 is 33.7 Å². The van der Waals surface area contributed by atoms with Gasteiger partial charge in [0.25, 0.3) is 10.0 Å². The highest BCUT2D eigenvalue weighted by atomic mass is 32.2. The summed E-state index contributed by atoms with van der Waals surface area (Å²) in [6.45, 7) is -0.217. The van der Waals surface area contributed by atoms with Crippen LogP contribution in [0.5, 0.6) is 34.5 Å². The lowest BCUT2D eigenvalue weighted by Gasteiger charge is -2.28. The van der Waals surface area contributed by atoms with E-state index >= 15 is 0 Å². The lowest BCUT2D eigenvalue weighted by molar-refractivity contribution is -0.120. The van der Waals surface area contributed by atoms with E-state index in [-0.39, 0.29) is 35.2 Å². The van der Waals surface area contributed by atoms with Gasteiger partial charge >= 0.3 is 0 Å². The summed E-state index contributed by atoms with van der Waals surface area (Å²) >= 11 is 0. The van der Waals surface area contributed by atoms with Crippen molar-refractivity contribution in [3.63, 3.8) is 0 Å². The van der Waals surface area contributed by atoms with Crippen LogP contribution in [0.2, 0.25) is 0 Å². The van der Waals surface area contributed by atoms with Crippen molar-refractivity contribution in [2.45, 2.75) is 11.0 Å². The van der Waals surface area contributed by atoms with E-state index in [0.29, 0.717) is 23.0 Å². The molecule has 4 rings (SSSR count). The largest absolute Gasteiger partial charge is 0.497 e. The fraction of sp³-hybridized carbons (Fsp3) is 0.296. The minimum Gasteiger partial charge on any atom is -0.497 e. The van der Waals surface area contributed by atoms with Crippen molar-refractivity contribution in [2.75, 3.05) is 52.4 Å². The number of rotatable bonds is 11. The Hall–Kier alpha value is -4.32. The third kappa shape index (κ3) is 6.06. The van der Waals surface area contributed by atoms with Crippen LogP contribution in [0.4, 0.5) is 5.69 Å². The van der Waals surface area contributed by atoms with Crippen molar-refractivity contribution in [1.29, 1.82) is 0 Å². The zero-order valence-corrected chi connectivity index (χ0v) is 22.8. The van der Waals surface area contributed by atoms with Gasteiger partial charge in [0.05, 0.1) is 45.6 Å². The van der Waals surface area contributed by atoms with Crippen molar-refractivity contribution < 1.29 is 41.6 Å². The predicted octanol–water partition coefficient (Wildman–Crippen LogP) is 2.87. The van der Waals surface area contributed by atoms with Gasteiger partial charge in [0, 0.05) is 12.1 Å². The fourth-order valence-corrected chi connectivity index (χ4v) is 5.41. The number of benzene rings is 3. The molecule has 11 nitrogen and oxygen atoms in total. The molecule has 3 aromatic carbocycles. The predicted molar refractivity (Wildman–Crippen MR) is 143 cm³/mol. The summed E-state index contributed by atoms with van der Waals surface area (Å²) in [6, 6.07) is 16.1. The quantitative estimate of drug-likeness (QED) is 0.379. The monoisotopic (exact) mass is 558 g/mol. The Kier molecular flexibility index (Phi) is 8.55. The van der Waals surface area contributed by atoms with Crippen LogP contribution in [-0.2, 0) is 14.8 Å². The topological polar surface area (TPSA) is 122 Å². The molecule has 12 heteroatoms. The molecule has 3 aromatic rings. The van der Waals surface area contributed by atoms with Gasteiger partial charge in [-0.15, -0.1) is 0 Å². The second-order valence-corrected chi connectivity index (χ2v) is 10.2. The molecule has 0 aromatic heterocycles. The molecule has 0 fully saturated rings. The Morgan fingerprint density at radius 3 is 2.28 bits per heavy atom. The van der Waals surface area contributed by atoms with Crippen LogP contribution >= 0.6 is 0 Å². The molecule has 208 valence electrons. The molecular formula is C27H30N2O9S. The van der Waals surface area contributed by atoms with Crippen LogP contribution in [0.25, 0.3) is 0 Å². The number of carbonyl (C=O) groups excluding carboxylic acids is 1. The minimum absolute atomic E-state index is 0.104. The van der Waals surface area contributed by atoms with E-state index in [9.17, 15) is 13.2 Å². The first-order valence-corrected chi connectivity index (χ1v) is 13.4. The van der Waals surface area contributed by atoms with E-state index in [1.165, 1.54) is 52.7 Å². The summed E-state index contributed by atoms with van der Waals surface area (Å²) in [4.78, 5) is 13.0. The van der Waals surface area contributed by atoms with Crippen LogP contribution in [0.1, 0.15) is 0 Å². The van der Waals surface area contributed by atoms with E-state index in [1.54, 1.807) is 24.3 Å². The zero-order chi connectivity index (χ0) is 28.0. The molecule has 0 saturated carbocycles. The van der Waals surface area contributed by atoms with E-state index < -0.39 is 28.6 Å². The average Bonchev–Trinajstić information content (AvgIpc) is 2.97. The Balaban J connectivity index is 1.62. The number of methoxy groups -OCH3 is 4. The molecule has 39 heavy (non-hydrogen) atoms. The lowest BCUT2D eigenvalue weighted by Crippen LogP contribution is -2.45. The molecule has 1 aliphatic rings. The number of hydrogen-bond acceptors (Lipinski definition) is 9. The van der Waals surface area contributed by atoms with Crippen molar-refractivity contribution in [3.8, 4) is 34.5 Å². The van der Waals surface area contributed by atoms with Gasteiger partial charge in [0.2, 0.25) is 5.91 Å². The zero-order valence-electron chi connectivity index (χ0n) is 22.0. The number of sulfonamides is 1. The first kappa shape index (κ1) is 27.7. The minimum atomic E-state index is -4.30. The van der Waals surface area contributed by atoms with Gasteiger partial charge in [0.15, 0.2) is 23.0 Å². The van der Waals surface area contributed by atoms with E-state index in [1.807, 2.05) is 12.1 Å². The number of hydrogen-bond donors (Lipinski definition) is 1. The van der Waals surface area contributed by atoms with Gasteiger partial charge in [0.1, 0.15) is 30.8 Å². The first-order chi connectivity index (χ1) is 18.8. The third-order valence-electron chi connectivity index (χ3n) is 5.98. The Labute approximate surface area is 227 Å². The van der Waals surface area contributed by atoms with E-state index in [2.05, 4.69) is 5.32 Å². The molecule has 0 bridgehead atoms. The second-order valence-electron chi connectivity index (χ2n) is 8.37. The van der Waals surface area contributed by atoms with Crippen LogP contribution in [0, 0.1) is 0 Å². The number of ether oxygens (including phenoxy) is 6. The Morgan fingerprint density at radius 2 is 1.59 bits per heavy atom. The van der Waals surface area contributed by atoms with Crippen molar-refractivity contribution in [3.05, 3.63) is 60.7 Å². The number of fused-ring (bicyclic) bond motifs is 1. The molecule has 1 unspecified atom stereocenters. The summed E-state index contributed by atoms with van der Waals surface area (Å²) in [5.74, 6) is 1.82. The average molecular weight is 559 g/mol. The number of para-hydroxylation sites is 2. The maximum Gasteiger partial charge on any atom is 0.265 e. The van der Waals surface area contributed by atoms with Gasteiger partial charge in [-0.2, -0.15) is 0 Å². The molecule has 0 saturated heterocycles. The van der Waals surface area contributed by atoms with Crippen LogP contribution in [-0.4, -0.2) is 68.6 Å². The van der Waals surface area contributed by atoms with Crippen molar-refractivity contribution >= 4 is 21.6 Å². The highest BCUT2D eigenvalue weighted by Gasteiger charge is 2.31. The van der Waals surface area contributed by atoms with Crippen molar-refractivity contribution in [2.24, 2.45) is 0 Å². The summed E-state index contributed by atoms with van der Waals surface area (Å²) in [7, 11) is 1.41. The van der Waals surface area contributed by atoms with E-state index in [4.69, 9.17) is 28.4 Å². The normalized spacial score (nSPS) is 14.2. The summed E-state index contributed by atoms with van der Waals surface area (Å²) in [5.41, 5.74) is 0.118. The second kappa shape index (κ2) is 12.0. The summed E-state index contributed by atoms with van der Waals surface area (Å²) in [5, 5.41) is 2.75. The molecule has 1 N–H and O–H groups in total. The van der Waals surface area contributed by atoms with Gasteiger partial charge in [-0.05, 0) is 36.4 Å². The molecule has 0 aliphatic carbocycles. The maximum atomic E-state index is 14.0. The summed E-state index contributed by atoms with van der Waals surface area (Å²) in [6.07, 6.45) is -0.453. The SMILES string of the molecule is COc1ccc(OC)c(N(CC(=O)NCC2COc3ccccc3O2)S(=O)(=O)c2ccc(OC)c(OC)c2)c1. The molecule has 1 aliphatic heterocycles. The van der Waals surface area contributed by atoms with Gasteiger partial charge in [-0.1, -0.05) is 12.1 Å². The highest BCUT2D eigenvalue weighted by molar-refractivity contribution is 7.92. The number of nitrogens with zero attached hydrogens (tertiary/aromatic N) is 1. The first-order valence-electron chi connectivity index (χ1n) is 11.9. The highest BCUT2D eigenvalue weighted by Crippen LogP contribution is 2.37. The molecule has 0 spiro atoms. The maximum absolute atomic E-state index is 14.0. The molecular weight excluding hydrogens is 528 g/mol. The smallest absolute Gasteiger partial charge is 0.265 e. The lowest BCUT2D eigenvalue weighted by atomic mass is 10.2. The van der Waals surface area contributed by atoms with Gasteiger partial charge in [-0.3, -0.25) is 9.10 Å². The molecule has 1 atom stereocenters.